The van der Waals surface area contributed by atoms with Crippen molar-refractivity contribution in [1.82, 2.24) is 5.32 Å². The molecule has 0 fully saturated rings. The molecular formula is C16H15ClN2O6. The van der Waals surface area contributed by atoms with Crippen LogP contribution in [0, 0.1) is 0 Å². The standard InChI is InChI=1S/C16H15ClN2O6/c1-18-16(21)25-19-15(17)14(20)12-7-6-10(24-12)9-4-5-11(22-2)13(8-9)23-3/h4-8H,1-3H3,(H,18,21). The predicted molar refractivity (Wildman–Crippen MR) is 90.4 cm³/mol. The quantitative estimate of drug-likeness (QED) is 0.365. The Morgan fingerprint density at radius 1 is 1.12 bits per heavy atom. The van der Waals surface area contributed by atoms with Crippen molar-refractivity contribution >= 4 is 28.6 Å². The average Bonchev–Trinajstić information content (AvgIpc) is 3.14. The molecule has 0 radical (unpaired) electrons. The monoisotopic (exact) mass is 366 g/mol. The van der Waals surface area contributed by atoms with Gasteiger partial charge in [0.05, 0.1) is 14.2 Å². The molecule has 0 saturated heterocycles. The number of oxime groups is 1. The number of benzene rings is 1. The van der Waals surface area contributed by atoms with Crippen LogP contribution in [-0.2, 0) is 4.84 Å². The number of carbonyl (C=O) groups is 2. The molecule has 0 aliphatic rings. The molecule has 1 aromatic carbocycles. The van der Waals surface area contributed by atoms with Crippen LogP contribution < -0.4 is 14.8 Å². The highest BCUT2D eigenvalue weighted by atomic mass is 35.5. The summed E-state index contributed by atoms with van der Waals surface area (Å²) in [5.74, 6) is 0.718. The van der Waals surface area contributed by atoms with E-state index in [1.807, 2.05) is 0 Å². The zero-order valence-corrected chi connectivity index (χ0v) is 14.4. The van der Waals surface area contributed by atoms with Crippen LogP contribution in [-0.4, -0.2) is 38.3 Å². The number of nitrogens with one attached hydrogen (secondary N) is 1. The summed E-state index contributed by atoms with van der Waals surface area (Å²) in [7, 11) is 4.39. The summed E-state index contributed by atoms with van der Waals surface area (Å²) < 4.78 is 15.9. The van der Waals surface area contributed by atoms with Gasteiger partial charge in [-0.3, -0.25) is 9.63 Å². The summed E-state index contributed by atoms with van der Waals surface area (Å²) >= 11 is 5.71. The Morgan fingerprint density at radius 3 is 2.48 bits per heavy atom. The molecule has 0 bridgehead atoms. The van der Waals surface area contributed by atoms with Gasteiger partial charge in [0.2, 0.25) is 5.17 Å². The van der Waals surface area contributed by atoms with Crippen molar-refractivity contribution in [2.45, 2.75) is 0 Å². The third-order valence-corrected chi connectivity index (χ3v) is 3.34. The number of hydrogen-bond acceptors (Lipinski definition) is 7. The van der Waals surface area contributed by atoms with Crippen LogP contribution >= 0.6 is 11.6 Å². The second kappa shape index (κ2) is 8.20. The summed E-state index contributed by atoms with van der Waals surface area (Å²) in [6, 6.07) is 8.20. The van der Waals surface area contributed by atoms with E-state index in [0.29, 0.717) is 22.8 Å². The molecule has 2 rings (SSSR count). The number of ether oxygens (including phenoxy) is 2. The van der Waals surface area contributed by atoms with E-state index in [2.05, 4.69) is 15.3 Å². The van der Waals surface area contributed by atoms with Crippen LogP contribution in [0.1, 0.15) is 10.6 Å². The van der Waals surface area contributed by atoms with Crippen molar-refractivity contribution in [3.05, 3.63) is 36.1 Å². The number of methoxy groups -OCH3 is 2. The Kier molecular flexibility index (Phi) is 6.02. The number of furan rings is 1. The predicted octanol–water partition coefficient (Wildman–Crippen LogP) is 3.05. The van der Waals surface area contributed by atoms with Gasteiger partial charge in [0.1, 0.15) is 5.76 Å². The fourth-order valence-electron chi connectivity index (χ4n) is 1.87. The van der Waals surface area contributed by atoms with E-state index in [-0.39, 0.29) is 5.76 Å². The smallest absolute Gasteiger partial charge is 0.433 e. The fourth-order valence-corrected chi connectivity index (χ4v) is 2.00. The molecule has 9 heteroatoms. The van der Waals surface area contributed by atoms with Crippen LogP contribution in [0.15, 0.2) is 39.9 Å². The van der Waals surface area contributed by atoms with Crippen molar-refractivity contribution in [1.29, 1.82) is 0 Å². The molecule has 2 aromatic rings. The van der Waals surface area contributed by atoms with Gasteiger partial charge in [-0.2, -0.15) is 0 Å². The molecule has 1 heterocycles. The van der Waals surface area contributed by atoms with Crippen molar-refractivity contribution in [3.63, 3.8) is 0 Å². The third-order valence-electron chi connectivity index (χ3n) is 3.10. The summed E-state index contributed by atoms with van der Waals surface area (Å²) in [6.45, 7) is 0. The van der Waals surface area contributed by atoms with Crippen molar-refractivity contribution in [2.75, 3.05) is 21.3 Å². The van der Waals surface area contributed by atoms with Gasteiger partial charge in [-0.25, -0.2) is 4.79 Å². The lowest BCUT2D eigenvalue weighted by Gasteiger charge is -2.08. The number of carbonyl (C=O) groups excluding carboxylic acids is 2. The fraction of sp³-hybridized carbons (Fsp3) is 0.188. The van der Waals surface area contributed by atoms with Gasteiger partial charge in [-0.05, 0) is 30.3 Å². The largest absolute Gasteiger partial charge is 0.493 e. The first kappa shape index (κ1) is 18.3. The lowest BCUT2D eigenvalue weighted by atomic mass is 10.1. The van der Waals surface area contributed by atoms with Gasteiger partial charge in [0, 0.05) is 12.6 Å². The topological polar surface area (TPSA) is 99.4 Å². The molecule has 1 aromatic heterocycles. The summed E-state index contributed by atoms with van der Waals surface area (Å²) in [5, 5.41) is 4.84. The zero-order valence-electron chi connectivity index (χ0n) is 13.7. The number of hydrogen-bond donors (Lipinski definition) is 1. The lowest BCUT2D eigenvalue weighted by Crippen LogP contribution is -2.18. The first-order chi connectivity index (χ1) is 12.0. The van der Waals surface area contributed by atoms with Gasteiger partial charge in [0.15, 0.2) is 17.3 Å². The molecule has 1 amide bonds. The van der Waals surface area contributed by atoms with Crippen LogP contribution in [0.2, 0.25) is 0 Å². The van der Waals surface area contributed by atoms with E-state index in [1.54, 1.807) is 24.3 Å². The van der Waals surface area contributed by atoms with Crippen molar-refractivity contribution < 1.29 is 28.3 Å². The number of nitrogens with zero attached hydrogens (tertiary/aromatic N) is 1. The molecule has 0 spiro atoms. The Labute approximate surface area is 148 Å². The molecule has 0 saturated carbocycles. The molecule has 0 aliphatic carbocycles. The molecule has 0 atom stereocenters. The number of ketones is 1. The maximum absolute atomic E-state index is 12.1. The van der Waals surface area contributed by atoms with E-state index in [4.69, 9.17) is 25.5 Å². The van der Waals surface area contributed by atoms with Gasteiger partial charge < -0.3 is 19.2 Å². The van der Waals surface area contributed by atoms with Crippen LogP contribution in [0.25, 0.3) is 11.3 Å². The van der Waals surface area contributed by atoms with Gasteiger partial charge in [0.25, 0.3) is 5.78 Å². The summed E-state index contributed by atoms with van der Waals surface area (Å²) in [6.07, 6.45) is -0.851. The maximum Gasteiger partial charge on any atom is 0.433 e. The molecular weight excluding hydrogens is 352 g/mol. The lowest BCUT2D eigenvalue weighted by molar-refractivity contribution is 0.103. The summed E-state index contributed by atoms with van der Waals surface area (Å²) in [4.78, 5) is 27.4. The SMILES string of the molecule is CNC(=O)ON=C(Cl)C(=O)c1ccc(-c2ccc(OC)c(OC)c2)o1. The minimum absolute atomic E-state index is 0.0564. The van der Waals surface area contributed by atoms with Gasteiger partial charge >= 0.3 is 6.09 Å². The van der Waals surface area contributed by atoms with Gasteiger partial charge in [-0.15, -0.1) is 0 Å². The van der Waals surface area contributed by atoms with E-state index in [1.165, 1.54) is 27.3 Å². The molecule has 132 valence electrons. The highest BCUT2D eigenvalue weighted by molar-refractivity contribution is 6.84. The molecule has 8 nitrogen and oxygen atoms in total. The van der Waals surface area contributed by atoms with Crippen LogP contribution in [0.5, 0.6) is 11.5 Å². The molecule has 1 N–H and O–H groups in total. The van der Waals surface area contributed by atoms with Crippen molar-refractivity contribution in [3.8, 4) is 22.8 Å². The highest BCUT2D eigenvalue weighted by Gasteiger charge is 2.19. The Morgan fingerprint density at radius 2 is 1.84 bits per heavy atom. The maximum atomic E-state index is 12.1. The zero-order chi connectivity index (χ0) is 18.4. The van der Waals surface area contributed by atoms with E-state index in [9.17, 15) is 9.59 Å². The summed E-state index contributed by atoms with van der Waals surface area (Å²) in [5.41, 5.74) is 0.673. The minimum atomic E-state index is -0.851. The Balaban J connectivity index is 2.22. The normalized spacial score (nSPS) is 11.0. The molecule has 25 heavy (non-hydrogen) atoms. The van der Waals surface area contributed by atoms with E-state index < -0.39 is 17.0 Å². The van der Waals surface area contributed by atoms with E-state index >= 15 is 0 Å². The van der Waals surface area contributed by atoms with E-state index in [0.717, 1.165) is 0 Å². The highest BCUT2D eigenvalue weighted by Crippen LogP contribution is 2.33. The average molecular weight is 367 g/mol. The second-order valence-electron chi connectivity index (χ2n) is 4.57. The first-order valence-corrected chi connectivity index (χ1v) is 7.37. The Bertz CT molecular complexity index is 815. The van der Waals surface area contributed by atoms with Crippen molar-refractivity contribution in [2.24, 2.45) is 5.16 Å². The van der Waals surface area contributed by atoms with Gasteiger partial charge in [-0.1, -0.05) is 16.8 Å². The first-order valence-electron chi connectivity index (χ1n) is 6.99. The van der Waals surface area contributed by atoms with Crippen LogP contribution in [0.3, 0.4) is 0 Å². The Hall–Kier alpha value is -3.00. The number of halogens is 1. The molecule has 0 unspecified atom stereocenters. The third kappa shape index (κ3) is 4.30. The second-order valence-corrected chi connectivity index (χ2v) is 4.93. The van der Waals surface area contributed by atoms with Crippen LogP contribution in [0.4, 0.5) is 4.79 Å². The number of amides is 1. The minimum Gasteiger partial charge on any atom is -0.493 e. The number of rotatable bonds is 6. The molecule has 0 aliphatic heterocycles. The number of Topliss-reactive ketones (excluding diaryl/α,β-unsaturated/α-hetero) is 1.